The van der Waals surface area contributed by atoms with Crippen LogP contribution in [0, 0.1) is 0 Å². The molecule has 0 bridgehead atoms. The van der Waals surface area contributed by atoms with Crippen molar-refractivity contribution in [3.05, 3.63) is 53.7 Å². The van der Waals surface area contributed by atoms with E-state index in [1.807, 2.05) is 0 Å². The zero-order valence-electron chi connectivity index (χ0n) is 8.61. The molecule has 5 heteroatoms. The molecule has 0 atom stereocenters. The summed E-state index contributed by atoms with van der Waals surface area (Å²) < 4.78 is 41.8. The van der Waals surface area contributed by atoms with Crippen LogP contribution in [-0.2, 0) is 6.18 Å². The van der Waals surface area contributed by atoms with E-state index in [0.29, 0.717) is 11.5 Å². The standard InChI is InChI=1S/C12H8F3NO/c13-12(14,15)10-4-1-9(2-5-10)3-6-11-16-7-8-17-11/h1-8H/b6-3+. The van der Waals surface area contributed by atoms with Gasteiger partial charge < -0.3 is 4.42 Å². The molecule has 0 aliphatic heterocycles. The van der Waals surface area contributed by atoms with Crippen molar-refractivity contribution in [1.82, 2.24) is 4.98 Å². The molecule has 0 N–H and O–H groups in total. The van der Waals surface area contributed by atoms with Gasteiger partial charge in [-0.1, -0.05) is 12.1 Å². The van der Waals surface area contributed by atoms with Gasteiger partial charge in [0.25, 0.3) is 0 Å². The van der Waals surface area contributed by atoms with E-state index in [4.69, 9.17) is 4.42 Å². The molecular weight excluding hydrogens is 231 g/mol. The van der Waals surface area contributed by atoms with Crippen LogP contribution in [0.5, 0.6) is 0 Å². The molecule has 0 spiro atoms. The summed E-state index contributed by atoms with van der Waals surface area (Å²) in [6.45, 7) is 0. The molecule has 2 aromatic rings. The SMILES string of the molecule is FC(F)(F)c1ccc(/C=C/c2ncco2)cc1. The Morgan fingerprint density at radius 2 is 1.76 bits per heavy atom. The molecule has 1 aromatic carbocycles. The van der Waals surface area contributed by atoms with E-state index in [1.165, 1.54) is 24.6 Å². The summed E-state index contributed by atoms with van der Waals surface area (Å²) in [7, 11) is 0. The molecule has 1 aromatic heterocycles. The van der Waals surface area contributed by atoms with Gasteiger partial charge in [-0.25, -0.2) is 4.98 Å². The van der Waals surface area contributed by atoms with E-state index in [2.05, 4.69) is 4.98 Å². The lowest BCUT2D eigenvalue weighted by Gasteiger charge is -2.05. The summed E-state index contributed by atoms with van der Waals surface area (Å²) >= 11 is 0. The molecule has 0 amide bonds. The quantitative estimate of drug-likeness (QED) is 0.795. The maximum absolute atomic E-state index is 12.3. The molecular formula is C12H8F3NO. The smallest absolute Gasteiger partial charge is 0.416 e. The first-order valence-electron chi connectivity index (χ1n) is 4.80. The minimum Gasteiger partial charge on any atom is -0.445 e. The second-order valence-electron chi connectivity index (χ2n) is 3.32. The van der Waals surface area contributed by atoms with Crippen molar-refractivity contribution in [1.29, 1.82) is 0 Å². The molecule has 0 fully saturated rings. The second kappa shape index (κ2) is 4.45. The molecule has 2 nitrogen and oxygen atoms in total. The molecule has 0 aliphatic rings. The van der Waals surface area contributed by atoms with Gasteiger partial charge in [0, 0.05) is 6.08 Å². The maximum Gasteiger partial charge on any atom is 0.416 e. The Kier molecular flexibility index (Phi) is 2.99. The van der Waals surface area contributed by atoms with E-state index >= 15 is 0 Å². The summed E-state index contributed by atoms with van der Waals surface area (Å²) in [4.78, 5) is 3.85. The van der Waals surface area contributed by atoms with Gasteiger partial charge in [0.1, 0.15) is 6.26 Å². The van der Waals surface area contributed by atoms with Crippen LogP contribution >= 0.6 is 0 Å². The highest BCUT2D eigenvalue weighted by atomic mass is 19.4. The average molecular weight is 239 g/mol. The first-order chi connectivity index (χ1) is 8.05. The highest BCUT2D eigenvalue weighted by Gasteiger charge is 2.29. The minimum absolute atomic E-state index is 0.407. The van der Waals surface area contributed by atoms with Gasteiger partial charge in [0.2, 0.25) is 5.89 Å². The van der Waals surface area contributed by atoms with Crippen molar-refractivity contribution in [2.75, 3.05) is 0 Å². The van der Waals surface area contributed by atoms with Gasteiger partial charge in [-0.05, 0) is 23.8 Å². The second-order valence-corrected chi connectivity index (χ2v) is 3.32. The van der Waals surface area contributed by atoms with Gasteiger partial charge in [-0.3, -0.25) is 0 Å². The first-order valence-corrected chi connectivity index (χ1v) is 4.80. The Morgan fingerprint density at radius 1 is 1.06 bits per heavy atom. The third-order valence-electron chi connectivity index (χ3n) is 2.11. The lowest BCUT2D eigenvalue weighted by atomic mass is 10.1. The lowest BCUT2D eigenvalue weighted by molar-refractivity contribution is -0.137. The molecule has 2 rings (SSSR count). The lowest BCUT2D eigenvalue weighted by Crippen LogP contribution is -2.03. The van der Waals surface area contributed by atoms with Crippen LogP contribution in [0.15, 0.2) is 41.1 Å². The number of aromatic nitrogens is 1. The molecule has 0 saturated carbocycles. The third-order valence-corrected chi connectivity index (χ3v) is 2.11. The van der Waals surface area contributed by atoms with E-state index in [9.17, 15) is 13.2 Å². The summed E-state index contributed by atoms with van der Waals surface area (Å²) in [6, 6.07) is 4.86. The number of benzene rings is 1. The molecule has 17 heavy (non-hydrogen) atoms. The van der Waals surface area contributed by atoms with Gasteiger partial charge in [-0.15, -0.1) is 0 Å². The molecule has 0 saturated heterocycles. The topological polar surface area (TPSA) is 26.0 Å². The number of oxazole rings is 1. The number of rotatable bonds is 2. The number of halogens is 3. The van der Waals surface area contributed by atoms with Crippen LogP contribution in [0.3, 0.4) is 0 Å². The summed E-state index contributed by atoms with van der Waals surface area (Å²) in [5.74, 6) is 0.407. The van der Waals surface area contributed by atoms with Gasteiger partial charge in [0.15, 0.2) is 0 Å². The van der Waals surface area contributed by atoms with Crippen LogP contribution in [-0.4, -0.2) is 4.98 Å². The largest absolute Gasteiger partial charge is 0.445 e. The van der Waals surface area contributed by atoms with Gasteiger partial charge >= 0.3 is 6.18 Å². The van der Waals surface area contributed by atoms with Crippen molar-refractivity contribution < 1.29 is 17.6 Å². The number of hydrogen-bond donors (Lipinski definition) is 0. The van der Waals surface area contributed by atoms with E-state index in [-0.39, 0.29) is 0 Å². The van der Waals surface area contributed by atoms with E-state index in [0.717, 1.165) is 12.1 Å². The van der Waals surface area contributed by atoms with Gasteiger partial charge in [0.05, 0.1) is 11.8 Å². The first kappa shape index (κ1) is 11.4. The zero-order valence-corrected chi connectivity index (χ0v) is 8.61. The van der Waals surface area contributed by atoms with Crippen molar-refractivity contribution in [3.63, 3.8) is 0 Å². The van der Waals surface area contributed by atoms with Crippen LogP contribution < -0.4 is 0 Å². The normalized spacial score (nSPS) is 12.2. The van der Waals surface area contributed by atoms with Crippen molar-refractivity contribution in [3.8, 4) is 0 Å². The molecule has 0 unspecified atom stereocenters. The zero-order chi connectivity index (χ0) is 12.3. The third kappa shape index (κ3) is 2.96. The van der Waals surface area contributed by atoms with Crippen LogP contribution in [0.2, 0.25) is 0 Å². The Balaban J connectivity index is 2.14. The molecule has 1 heterocycles. The summed E-state index contributed by atoms with van der Waals surface area (Å²) in [5, 5.41) is 0. The molecule has 0 radical (unpaired) electrons. The van der Waals surface area contributed by atoms with Crippen molar-refractivity contribution in [2.24, 2.45) is 0 Å². The Labute approximate surface area is 95.4 Å². The van der Waals surface area contributed by atoms with E-state index < -0.39 is 11.7 Å². The van der Waals surface area contributed by atoms with E-state index in [1.54, 1.807) is 12.2 Å². The van der Waals surface area contributed by atoms with Crippen molar-refractivity contribution >= 4 is 12.2 Å². The minimum atomic E-state index is -4.30. The fourth-order valence-electron chi connectivity index (χ4n) is 1.27. The summed E-state index contributed by atoms with van der Waals surface area (Å²) in [5.41, 5.74) is -0.0121. The highest BCUT2D eigenvalue weighted by molar-refractivity contribution is 5.66. The number of alkyl halides is 3. The predicted molar refractivity (Wildman–Crippen MR) is 56.9 cm³/mol. The summed E-state index contributed by atoms with van der Waals surface area (Å²) in [6.07, 6.45) is 1.83. The highest BCUT2D eigenvalue weighted by Crippen LogP contribution is 2.29. The number of nitrogens with zero attached hydrogens (tertiary/aromatic N) is 1. The molecule has 88 valence electrons. The van der Waals surface area contributed by atoms with Crippen LogP contribution in [0.25, 0.3) is 12.2 Å². The van der Waals surface area contributed by atoms with Crippen LogP contribution in [0.1, 0.15) is 17.0 Å². The van der Waals surface area contributed by atoms with Crippen molar-refractivity contribution in [2.45, 2.75) is 6.18 Å². The van der Waals surface area contributed by atoms with Crippen LogP contribution in [0.4, 0.5) is 13.2 Å². The Bertz CT molecular complexity index is 498. The fourth-order valence-corrected chi connectivity index (χ4v) is 1.27. The average Bonchev–Trinajstić information content (AvgIpc) is 2.78. The number of hydrogen-bond acceptors (Lipinski definition) is 2. The monoisotopic (exact) mass is 239 g/mol. The molecule has 0 aliphatic carbocycles. The fraction of sp³-hybridized carbons (Fsp3) is 0.0833. The Morgan fingerprint density at radius 3 is 2.29 bits per heavy atom. The predicted octanol–water partition coefficient (Wildman–Crippen LogP) is 3.86. The van der Waals surface area contributed by atoms with Gasteiger partial charge in [-0.2, -0.15) is 13.2 Å². The Hall–Kier alpha value is -2.04. The maximum atomic E-state index is 12.3.